The van der Waals surface area contributed by atoms with Crippen LogP contribution in [-0.4, -0.2) is 11.0 Å². The predicted molar refractivity (Wildman–Crippen MR) is 99.6 cm³/mol. The minimum absolute atomic E-state index is 0.126. The first kappa shape index (κ1) is 16.9. The van der Waals surface area contributed by atoms with Gasteiger partial charge in [0.1, 0.15) is 11.0 Å². The van der Waals surface area contributed by atoms with Crippen molar-refractivity contribution in [3.8, 4) is 5.75 Å². The Morgan fingerprint density at radius 1 is 1.00 bits per heavy atom. The van der Waals surface area contributed by atoms with Crippen LogP contribution in [-0.2, 0) is 0 Å². The molecule has 1 amide bonds. The molecule has 0 spiro atoms. The lowest BCUT2D eigenvalue weighted by atomic mass is 10.1. The number of halogens is 1. The summed E-state index contributed by atoms with van der Waals surface area (Å²) in [5.74, 6) is -1.73. The van der Waals surface area contributed by atoms with Gasteiger partial charge >= 0.3 is 11.3 Å². The number of nitrogens with one attached hydrogen (secondary N) is 1. The highest BCUT2D eigenvalue weighted by atomic mass is 35.5. The Bertz CT molecular complexity index is 1320. The van der Waals surface area contributed by atoms with Gasteiger partial charge < -0.3 is 19.3 Å². The zero-order valence-corrected chi connectivity index (χ0v) is 14.2. The fourth-order valence-electron chi connectivity index (χ4n) is 2.74. The molecule has 2 heterocycles. The van der Waals surface area contributed by atoms with Crippen molar-refractivity contribution in [2.75, 3.05) is 5.32 Å². The summed E-state index contributed by atoms with van der Waals surface area (Å²) in [4.78, 5) is 37.1. The summed E-state index contributed by atoms with van der Waals surface area (Å²) < 4.78 is 10.3. The van der Waals surface area contributed by atoms with Crippen molar-refractivity contribution < 1.29 is 18.7 Å². The van der Waals surface area contributed by atoms with Crippen molar-refractivity contribution in [3.63, 3.8) is 0 Å². The number of fused-ring (bicyclic) bond motifs is 3. The lowest BCUT2D eigenvalue weighted by Crippen LogP contribution is -2.22. The van der Waals surface area contributed by atoms with Crippen LogP contribution in [0.1, 0.15) is 10.4 Å². The summed E-state index contributed by atoms with van der Waals surface area (Å²) >= 11 is 5.94. The van der Waals surface area contributed by atoms with E-state index in [2.05, 4.69) is 5.32 Å². The minimum atomic E-state index is -1.10. The van der Waals surface area contributed by atoms with Crippen LogP contribution in [0.5, 0.6) is 5.75 Å². The number of carbonyl (C=O) groups excluding carboxylic acids is 1. The quantitative estimate of drug-likeness (QED) is 0.405. The van der Waals surface area contributed by atoms with Crippen LogP contribution >= 0.6 is 11.6 Å². The van der Waals surface area contributed by atoms with Gasteiger partial charge in [0.05, 0.1) is 5.39 Å². The molecule has 0 atom stereocenters. The molecule has 0 saturated carbocycles. The van der Waals surface area contributed by atoms with Gasteiger partial charge in [-0.3, -0.25) is 4.79 Å². The molecule has 8 heteroatoms. The summed E-state index contributed by atoms with van der Waals surface area (Å²) in [5.41, 5.74) is -2.42. The molecule has 2 aromatic heterocycles. The van der Waals surface area contributed by atoms with E-state index in [-0.39, 0.29) is 16.6 Å². The van der Waals surface area contributed by atoms with Crippen LogP contribution < -0.4 is 16.6 Å². The van der Waals surface area contributed by atoms with Crippen LogP contribution in [0, 0.1) is 0 Å². The molecule has 0 bridgehead atoms. The molecule has 0 radical (unpaired) electrons. The first-order valence-corrected chi connectivity index (χ1v) is 8.12. The molecule has 7 nitrogen and oxygen atoms in total. The molecule has 134 valence electrons. The van der Waals surface area contributed by atoms with Crippen molar-refractivity contribution in [1.82, 2.24) is 0 Å². The Morgan fingerprint density at radius 2 is 1.74 bits per heavy atom. The third-order valence-electron chi connectivity index (χ3n) is 3.95. The van der Waals surface area contributed by atoms with Crippen LogP contribution in [0.4, 0.5) is 5.69 Å². The van der Waals surface area contributed by atoms with Crippen LogP contribution in [0.15, 0.2) is 67.0 Å². The molecule has 0 aliphatic carbocycles. The zero-order chi connectivity index (χ0) is 19.1. The number of benzene rings is 2. The Labute approximate surface area is 155 Å². The number of hydrogen-bond donors (Lipinski definition) is 2. The topological polar surface area (TPSA) is 110 Å². The second kappa shape index (κ2) is 6.30. The Hall–Kier alpha value is -3.58. The number of anilines is 1. The van der Waals surface area contributed by atoms with Gasteiger partial charge in [0.25, 0.3) is 5.91 Å². The first-order chi connectivity index (χ1) is 13.0. The van der Waals surface area contributed by atoms with Crippen molar-refractivity contribution in [2.45, 2.75) is 0 Å². The van der Waals surface area contributed by atoms with Crippen molar-refractivity contribution >= 4 is 45.1 Å². The zero-order valence-electron chi connectivity index (χ0n) is 13.5. The van der Waals surface area contributed by atoms with Crippen LogP contribution in [0.25, 0.3) is 21.9 Å². The lowest BCUT2D eigenvalue weighted by Gasteiger charge is -2.08. The summed E-state index contributed by atoms with van der Waals surface area (Å²) in [6.07, 6.45) is 0. The minimum Gasteiger partial charge on any atom is -0.506 e. The summed E-state index contributed by atoms with van der Waals surface area (Å²) in [5, 5.41) is 13.1. The molecule has 2 aromatic carbocycles. The Balaban J connectivity index is 1.97. The smallest absolute Gasteiger partial charge is 0.353 e. The molecular weight excluding hydrogens is 374 g/mol. The van der Waals surface area contributed by atoms with Gasteiger partial charge in [0.2, 0.25) is 0 Å². The fourth-order valence-corrected chi connectivity index (χ4v) is 2.91. The first-order valence-electron chi connectivity index (χ1n) is 7.74. The number of aromatic hydroxyl groups is 1. The maximum Gasteiger partial charge on any atom is 0.353 e. The van der Waals surface area contributed by atoms with E-state index < -0.39 is 33.9 Å². The van der Waals surface area contributed by atoms with Gasteiger partial charge in [-0.1, -0.05) is 29.8 Å². The van der Waals surface area contributed by atoms with Crippen LogP contribution in [0.3, 0.4) is 0 Å². The average Bonchev–Trinajstić information content (AvgIpc) is 2.63. The number of hydrogen-bond acceptors (Lipinski definition) is 6. The van der Waals surface area contributed by atoms with Crippen molar-refractivity contribution in [3.05, 3.63) is 80.0 Å². The van der Waals surface area contributed by atoms with E-state index in [1.165, 1.54) is 18.2 Å². The fraction of sp³-hybridized carbons (Fsp3) is 0. The number of para-hydroxylation sites is 1. The number of rotatable bonds is 2. The highest BCUT2D eigenvalue weighted by molar-refractivity contribution is 6.31. The lowest BCUT2D eigenvalue weighted by molar-refractivity contribution is 0.102. The highest BCUT2D eigenvalue weighted by Gasteiger charge is 2.25. The van der Waals surface area contributed by atoms with Gasteiger partial charge in [-0.05, 0) is 30.3 Å². The number of carbonyl (C=O) groups is 1. The number of amides is 1. The van der Waals surface area contributed by atoms with E-state index >= 15 is 0 Å². The van der Waals surface area contributed by atoms with Gasteiger partial charge in [0.15, 0.2) is 16.9 Å². The van der Waals surface area contributed by atoms with Gasteiger partial charge in [-0.15, -0.1) is 0 Å². The SMILES string of the molecule is O=C(Nc1ccccc1)c1c(O)c2c(=O)oc3ccc(Cl)cc3c2oc1=O. The predicted octanol–water partition coefficient (Wildman–Crippen LogP) is 3.51. The summed E-state index contributed by atoms with van der Waals surface area (Å²) in [7, 11) is 0. The third kappa shape index (κ3) is 2.84. The molecule has 0 aliphatic rings. The monoisotopic (exact) mass is 383 g/mol. The molecular formula is C19H10ClNO6. The van der Waals surface area contributed by atoms with E-state index in [0.29, 0.717) is 10.7 Å². The second-order valence-corrected chi connectivity index (χ2v) is 6.10. The Kier molecular flexibility index (Phi) is 3.93. The van der Waals surface area contributed by atoms with Crippen molar-refractivity contribution in [2.24, 2.45) is 0 Å². The van der Waals surface area contributed by atoms with E-state index in [4.69, 9.17) is 20.4 Å². The summed E-state index contributed by atoms with van der Waals surface area (Å²) in [6.45, 7) is 0. The Morgan fingerprint density at radius 3 is 2.48 bits per heavy atom. The van der Waals surface area contributed by atoms with Gasteiger partial charge in [-0.25, -0.2) is 9.59 Å². The molecule has 0 fully saturated rings. The molecule has 2 N–H and O–H groups in total. The maximum atomic E-state index is 12.4. The standard InChI is InChI=1S/C19H10ClNO6/c20-9-6-7-12-11(8-9)16-13(18(24)26-12)15(22)14(19(25)27-16)17(23)21-10-4-2-1-3-5-10/h1-8,22H,(H,21,23). The molecule has 0 saturated heterocycles. The molecule has 4 rings (SSSR count). The third-order valence-corrected chi connectivity index (χ3v) is 4.19. The van der Waals surface area contributed by atoms with E-state index in [0.717, 1.165) is 0 Å². The van der Waals surface area contributed by atoms with E-state index in [1.54, 1.807) is 30.3 Å². The molecule has 0 aliphatic heterocycles. The largest absolute Gasteiger partial charge is 0.506 e. The second-order valence-electron chi connectivity index (χ2n) is 5.67. The molecule has 27 heavy (non-hydrogen) atoms. The molecule has 0 unspecified atom stereocenters. The van der Waals surface area contributed by atoms with E-state index in [1.807, 2.05) is 0 Å². The maximum absolute atomic E-state index is 12.4. The highest BCUT2D eigenvalue weighted by Crippen LogP contribution is 2.30. The average molecular weight is 384 g/mol. The van der Waals surface area contributed by atoms with Crippen molar-refractivity contribution in [1.29, 1.82) is 0 Å². The van der Waals surface area contributed by atoms with Crippen LogP contribution in [0.2, 0.25) is 5.02 Å². The van der Waals surface area contributed by atoms with E-state index in [9.17, 15) is 19.5 Å². The van der Waals surface area contributed by atoms with Gasteiger partial charge in [-0.2, -0.15) is 0 Å². The summed E-state index contributed by atoms with van der Waals surface area (Å²) in [6, 6.07) is 12.7. The normalized spacial score (nSPS) is 11.0. The molecule has 4 aromatic rings. The van der Waals surface area contributed by atoms with Gasteiger partial charge in [0, 0.05) is 10.7 Å².